The molecular weight excluding hydrogens is 273 g/mol. The van der Waals surface area contributed by atoms with Gasteiger partial charge < -0.3 is 5.11 Å². The molecular formula is C12H14FNO4S. The molecule has 104 valence electrons. The van der Waals surface area contributed by atoms with Gasteiger partial charge in [-0.25, -0.2) is 17.6 Å². The number of nitrogens with one attached hydrogen (secondary N) is 1. The van der Waals surface area contributed by atoms with E-state index in [1.807, 2.05) is 0 Å². The van der Waals surface area contributed by atoms with E-state index in [-0.39, 0.29) is 5.69 Å². The molecule has 1 aromatic carbocycles. The molecule has 0 aliphatic rings. The zero-order chi connectivity index (χ0) is 14.6. The fraction of sp³-hybridized carbons (Fsp3) is 0.250. The van der Waals surface area contributed by atoms with Crippen LogP contribution in [0.25, 0.3) is 6.08 Å². The van der Waals surface area contributed by atoms with E-state index in [1.165, 1.54) is 32.1 Å². The lowest BCUT2D eigenvalue weighted by Gasteiger charge is -2.11. The second kappa shape index (κ2) is 5.83. The van der Waals surface area contributed by atoms with Crippen molar-refractivity contribution < 1.29 is 22.7 Å². The second-order valence-electron chi connectivity index (χ2n) is 4.11. The monoisotopic (exact) mass is 287 g/mol. The fourth-order valence-electron chi connectivity index (χ4n) is 1.16. The summed E-state index contributed by atoms with van der Waals surface area (Å²) in [6.07, 6.45) is 2.08. The van der Waals surface area contributed by atoms with E-state index in [4.69, 9.17) is 5.11 Å². The van der Waals surface area contributed by atoms with E-state index in [1.54, 1.807) is 0 Å². The van der Waals surface area contributed by atoms with Gasteiger partial charge in [-0.05, 0) is 37.6 Å². The number of carbonyl (C=O) groups is 1. The molecule has 0 amide bonds. The Bertz CT molecular complexity index is 608. The average molecular weight is 287 g/mol. The Kier molecular flexibility index (Phi) is 4.66. The van der Waals surface area contributed by atoms with Crippen molar-refractivity contribution in [2.45, 2.75) is 19.1 Å². The standard InChI is InChI=1S/C12H14FNO4S/c1-8(2)19(17,18)14-11-5-3-9(7-10(11)13)4-6-12(15)16/h3-8,14H,1-2H3,(H,15,16)/b6-4+. The van der Waals surface area contributed by atoms with Crippen LogP contribution in [-0.4, -0.2) is 24.7 Å². The van der Waals surface area contributed by atoms with E-state index in [0.717, 1.165) is 12.1 Å². The number of carboxylic acid groups (broad SMARTS) is 1. The highest BCUT2D eigenvalue weighted by Crippen LogP contribution is 2.19. The van der Waals surface area contributed by atoms with Crippen molar-refractivity contribution in [3.8, 4) is 0 Å². The fourth-order valence-corrected chi connectivity index (χ4v) is 1.86. The van der Waals surface area contributed by atoms with Gasteiger partial charge in [-0.1, -0.05) is 6.07 Å². The second-order valence-corrected chi connectivity index (χ2v) is 6.34. The van der Waals surface area contributed by atoms with E-state index < -0.39 is 27.1 Å². The highest BCUT2D eigenvalue weighted by atomic mass is 32.2. The van der Waals surface area contributed by atoms with E-state index in [0.29, 0.717) is 5.56 Å². The van der Waals surface area contributed by atoms with E-state index in [9.17, 15) is 17.6 Å². The van der Waals surface area contributed by atoms with Crippen LogP contribution in [0.15, 0.2) is 24.3 Å². The maximum atomic E-state index is 13.7. The third-order valence-corrected chi connectivity index (χ3v) is 4.03. The van der Waals surface area contributed by atoms with Crippen LogP contribution in [0.4, 0.5) is 10.1 Å². The first kappa shape index (κ1) is 15.2. The molecule has 19 heavy (non-hydrogen) atoms. The first-order chi connectivity index (χ1) is 8.72. The maximum Gasteiger partial charge on any atom is 0.328 e. The lowest BCUT2D eigenvalue weighted by Crippen LogP contribution is -2.23. The zero-order valence-electron chi connectivity index (χ0n) is 10.4. The Labute approximate surface area is 110 Å². The van der Waals surface area contributed by atoms with Gasteiger partial charge in [0, 0.05) is 6.08 Å². The van der Waals surface area contributed by atoms with Gasteiger partial charge >= 0.3 is 5.97 Å². The predicted molar refractivity (Wildman–Crippen MR) is 70.7 cm³/mol. The summed E-state index contributed by atoms with van der Waals surface area (Å²) in [5.41, 5.74) is 0.161. The highest BCUT2D eigenvalue weighted by Gasteiger charge is 2.17. The summed E-state index contributed by atoms with van der Waals surface area (Å²) in [5, 5.41) is 7.76. The van der Waals surface area contributed by atoms with Gasteiger partial charge in [0.15, 0.2) is 0 Å². The molecule has 0 heterocycles. The van der Waals surface area contributed by atoms with Crippen LogP contribution in [-0.2, 0) is 14.8 Å². The van der Waals surface area contributed by atoms with Crippen LogP contribution in [0.3, 0.4) is 0 Å². The average Bonchev–Trinajstić information content (AvgIpc) is 2.29. The van der Waals surface area contributed by atoms with E-state index >= 15 is 0 Å². The third-order valence-electron chi connectivity index (χ3n) is 2.28. The van der Waals surface area contributed by atoms with Gasteiger partial charge in [0.25, 0.3) is 0 Å². The Morgan fingerprint density at radius 3 is 2.53 bits per heavy atom. The van der Waals surface area contributed by atoms with Crippen LogP contribution in [0, 0.1) is 5.82 Å². The van der Waals surface area contributed by atoms with Crippen molar-refractivity contribution in [2.24, 2.45) is 0 Å². The minimum atomic E-state index is -3.61. The topological polar surface area (TPSA) is 83.5 Å². The molecule has 0 unspecified atom stereocenters. The lowest BCUT2D eigenvalue weighted by molar-refractivity contribution is -0.131. The number of sulfonamides is 1. The van der Waals surface area contributed by atoms with Gasteiger partial charge in [0.05, 0.1) is 10.9 Å². The number of carboxylic acids is 1. The minimum Gasteiger partial charge on any atom is -0.478 e. The molecule has 0 radical (unpaired) electrons. The van der Waals surface area contributed by atoms with Gasteiger partial charge in [-0.15, -0.1) is 0 Å². The summed E-state index contributed by atoms with van der Waals surface area (Å²) >= 11 is 0. The number of hydrogen-bond donors (Lipinski definition) is 2. The summed E-state index contributed by atoms with van der Waals surface area (Å²) in [6, 6.07) is 3.72. The number of hydrogen-bond acceptors (Lipinski definition) is 3. The molecule has 0 aliphatic carbocycles. The molecule has 0 aliphatic heterocycles. The summed E-state index contributed by atoms with van der Waals surface area (Å²) in [6.45, 7) is 2.95. The summed E-state index contributed by atoms with van der Waals surface area (Å²) in [7, 11) is -3.61. The molecule has 7 heteroatoms. The SMILES string of the molecule is CC(C)S(=O)(=O)Nc1ccc(/C=C/C(=O)O)cc1F. The van der Waals surface area contributed by atoms with Gasteiger partial charge in [-0.2, -0.15) is 0 Å². The quantitative estimate of drug-likeness (QED) is 0.812. The molecule has 0 bridgehead atoms. The molecule has 0 fully saturated rings. The highest BCUT2D eigenvalue weighted by molar-refractivity contribution is 7.93. The molecule has 1 aromatic rings. The molecule has 5 nitrogen and oxygen atoms in total. The normalized spacial score (nSPS) is 12.0. The number of rotatable bonds is 5. The van der Waals surface area contributed by atoms with Crippen molar-refractivity contribution >= 4 is 27.8 Å². The molecule has 0 spiro atoms. The maximum absolute atomic E-state index is 13.7. The van der Waals surface area contributed by atoms with E-state index in [2.05, 4.69) is 4.72 Å². The van der Waals surface area contributed by atoms with Crippen LogP contribution < -0.4 is 4.72 Å². The van der Waals surface area contributed by atoms with Crippen molar-refractivity contribution in [2.75, 3.05) is 4.72 Å². The predicted octanol–water partition coefficient (Wildman–Crippen LogP) is 2.07. The van der Waals surface area contributed by atoms with Crippen LogP contribution in [0.2, 0.25) is 0 Å². The van der Waals surface area contributed by atoms with Crippen molar-refractivity contribution in [3.63, 3.8) is 0 Å². The number of halogens is 1. The number of aliphatic carboxylic acids is 1. The Hall–Kier alpha value is -1.89. The van der Waals surface area contributed by atoms with Crippen LogP contribution >= 0.6 is 0 Å². The summed E-state index contributed by atoms with van der Waals surface area (Å²) in [4.78, 5) is 10.3. The number of benzene rings is 1. The first-order valence-corrected chi connectivity index (χ1v) is 6.99. The van der Waals surface area contributed by atoms with Crippen molar-refractivity contribution in [1.82, 2.24) is 0 Å². The first-order valence-electron chi connectivity index (χ1n) is 5.44. The smallest absolute Gasteiger partial charge is 0.328 e. The molecule has 0 atom stereocenters. The third kappa shape index (κ3) is 4.36. The zero-order valence-corrected chi connectivity index (χ0v) is 11.2. The van der Waals surface area contributed by atoms with Crippen molar-refractivity contribution in [1.29, 1.82) is 0 Å². The Morgan fingerprint density at radius 2 is 2.05 bits per heavy atom. The molecule has 0 saturated heterocycles. The summed E-state index contributed by atoms with van der Waals surface area (Å²) in [5.74, 6) is -1.92. The summed E-state index contributed by atoms with van der Waals surface area (Å²) < 4.78 is 39.0. The van der Waals surface area contributed by atoms with Crippen LogP contribution in [0.5, 0.6) is 0 Å². The molecule has 2 N–H and O–H groups in total. The van der Waals surface area contributed by atoms with Gasteiger partial charge in [0.2, 0.25) is 10.0 Å². The molecule has 0 saturated carbocycles. The minimum absolute atomic E-state index is 0.166. The van der Waals surface area contributed by atoms with Gasteiger partial charge in [-0.3, -0.25) is 4.72 Å². The largest absolute Gasteiger partial charge is 0.478 e. The Balaban J connectivity index is 2.99. The van der Waals surface area contributed by atoms with Crippen LogP contribution in [0.1, 0.15) is 19.4 Å². The van der Waals surface area contributed by atoms with Gasteiger partial charge in [0.1, 0.15) is 5.82 Å². The number of anilines is 1. The Morgan fingerprint density at radius 1 is 1.42 bits per heavy atom. The molecule has 0 aromatic heterocycles. The lowest BCUT2D eigenvalue weighted by atomic mass is 10.2. The molecule has 1 rings (SSSR count). The van der Waals surface area contributed by atoms with Crippen molar-refractivity contribution in [3.05, 3.63) is 35.7 Å².